The molecule has 33 heavy (non-hydrogen) atoms. The second-order valence-corrected chi connectivity index (χ2v) is 7.34. The van der Waals surface area contributed by atoms with Gasteiger partial charge in [-0.3, -0.25) is 14.9 Å². The van der Waals surface area contributed by atoms with Gasteiger partial charge in [-0.2, -0.15) is 0 Å². The van der Waals surface area contributed by atoms with E-state index >= 15 is 0 Å². The van der Waals surface area contributed by atoms with Gasteiger partial charge in [0.15, 0.2) is 11.5 Å². The minimum Gasteiger partial charge on any atom is -1.00 e. The topological polar surface area (TPSA) is 105 Å². The number of aryl methyl sites for hydroxylation is 1. The number of imide groups is 1. The molecule has 9 heteroatoms. The number of nitrogens with two attached hydrogens (primary N) is 1. The molecule has 0 saturated heterocycles. The monoisotopic (exact) mass is 470 g/mol. The van der Waals surface area contributed by atoms with E-state index in [0.717, 1.165) is 17.3 Å². The van der Waals surface area contributed by atoms with Gasteiger partial charge in [0.25, 0.3) is 11.8 Å². The number of nitrogens with one attached hydrogen (secondary N) is 1. The number of hydrogen-bond donors (Lipinski definition) is 2. The summed E-state index contributed by atoms with van der Waals surface area (Å²) in [5, 5.41) is 3.32. The van der Waals surface area contributed by atoms with E-state index in [-0.39, 0.29) is 18.0 Å². The number of amides is 2. The summed E-state index contributed by atoms with van der Waals surface area (Å²) >= 11 is 0. The average Bonchev–Trinajstić information content (AvgIpc) is 3.32. The first kappa shape index (κ1) is 24.2. The molecule has 1 aliphatic rings. The number of benzene rings is 2. The lowest BCUT2D eigenvalue weighted by Crippen LogP contribution is -3.00. The van der Waals surface area contributed by atoms with Crippen LogP contribution in [0.4, 0.5) is 0 Å². The fourth-order valence-corrected chi connectivity index (χ4v) is 4.11. The summed E-state index contributed by atoms with van der Waals surface area (Å²) in [6.07, 6.45) is 2.70. The Labute approximate surface area is 197 Å². The third-order valence-electron chi connectivity index (χ3n) is 5.55. The van der Waals surface area contributed by atoms with Gasteiger partial charge in [-0.15, -0.1) is 0 Å². The molecule has 8 nitrogen and oxygen atoms in total. The second-order valence-electron chi connectivity index (χ2n) is 7.34. The first-order valence-electron chi connectivity index (χ1n) is 10.2. The van der Waals surface area contributed by atoms with Crippen LogP contribution in [-0.2, 0) is 16.1 Å². The Morgan fingerprint density at radius 2 is 1.58 bits per heavy atom. The molecule has 0 radical (unpaired) electrons. The zero-order valence-electron chi connectivity index (χ0n) is 18.6. The molecule has 2 amide bonds. The number of halogens is 1. The van der Waals surface area contributed by atoms with Crippen LogP contribution >= 0.6 is 0 Å². The fraction of sp³-hybridized carbons (Fsp3) is 0.250. The molecule has 0 fully saturated rings. The van der Waals surface area contributed by atoms with E-state index in [9.17, 15) is 9.59 Å². The normalized spacial score (nSPS) is 13.2. The Bertz CT molecular complexity index is 1220. The van der Waals surface area contributed by atoms with Crippen LogP contribution < -0.4 is 37.7 Å². The number of nitrogens with zero attached hydrogens (tertiary/aromatic N) is 1. The van der Waals surface area contributed by atoms with Crippen LogP contribution in [0, 0.1) is 0 Å². The largest absolute Gasteiger partial charge is 1.00 e. The molecule has 1 aliphatic heterocycles. The van der Waals surface area contributed by atoms with Crippen molar-refractivity contribution >= 4 is 33.9 Å². The minimum atomic E-state index is -0.474. The Morgan fingerprint density at radius 1 is 0.939 bits per heavy atom. The highest BCUT2D eigenvalue weighted by Gasteiger charge is 2.35. The first-order valence-corrected chi connectivity index (χ1v) is 10.2. The fourth-order valence-electron chi connectivity index (χ4n) is 4.11. The number of carbonyl (C=O) groups excluding carboxylic acids is 2. The standard InChI is InChI=1S/C24H25N3O5.ClH/c1-30-18-11-14(12-19(31-2)22(18)32-3)20-21(24(29)26-23(20)28)16-13-27(10-6-9-25)17-8-5-4-7-15(16)17;/h4-5,7-8,11-13H,6,9-10,25H2,1-3H3,(H,26,28,29);1H/p-1. The van der Waals surface area contributed by atoms with Gasteiger partial charge in [0.1, 0.15) is 0 Å². The van der Waals surface area contributed by atoms with Gasteiger partial charge in [0, 0.05) is 29.2 Å². The Hall–Kier alpha value is -3.49. The van der Waals surface area contributed by atoms with E-state index < -0.39 is 11.8 Å². The molecule has 2 aromatic carbocycles. The molecule has 0 aliphatic carbocycles. The maximum Gasteiger partial charge on any atom is 0.259 e. The quantitative estimate of drug-likeness (QED) is 0.434. The van der Waals surface area contributed by atoms with Gasteiger partial charge in [-0.25, -0.2) is 0 Å². The molecule has 3 N–H and O–H groups in total. The average molecular weight is 471 g/mol. The number of para-hydroxylation sites is 1. The molecule has 0 saturated carbocycles. The van der Waals surface area contributed by atoms with E-state index in [1.807, 2.05) is 30.5 Å². The number of fused-ring (bicyclic) bond motifs is 1. The number of aromatic nitrogens is 1. The van der Waals surface area contributed by atoms with E-state index in [1.165, 1.54) is 21.3 Å². The van der Waals surface area contributed by atoms with Crippen LogP contribution in [0.2, 0.25) is 0 Å². The van der Waals surface area contributed by atoms with Crippen LogP contribution in [0.15, 0.2) is 42.6 Å². The van der Waals surface area contributed by atoms with Crippen molar-refractivity contribution < 1.29 is 36.2 Å². The maximum absolute atomic E-state index is 13.0. The summed E-state index contributed by atoms with van der Waals surface area (Å²) in [7, 11) is 4.51. The Morgan fingerprint density at radius 3 is 2.18 bits per heavy atom. The Balaban J connectivity index is 0.00000306. The summed E-state index contributed by atoms with van der Waals surface area (Å²) < 4.78 is 18.3. The van der Waals surface area contributed by atoms with Gasteiger partial charge in [-0.05, 0) is 36.7 Å². The molecule has 3 aromatic rings. The summed E-state index contributed by atoms with van der Waals surface area (Å²) in [5.41, 5.74) is 8.43. The predicted molar refractivity (Wildman–Crippen MR) is 122 cm³/mol. The molecule has 4 rings (SSSR count). The predicted octanol–water partition coefficient (Wildman–Crippen LogP) is -0.413. The molecule has 0 unspecified atom stereocenters. The van der Waals surface area contributed by atoms with Gasteiger partial charge < -0.3 is 36.9 Å². The SMILES string of the molecule is COc1cc(C2=C(c3cn(CCCN)c4ccccc34)C(=O)NC2=O)cc(OC)c1OC.[Cl-]. The summed E-state index contributed by atoms with van der Waals surface area (Å²) in [6, 6.07) is 11.1. The summed E-state index contributed by atoms with van der Waals surface area (Å²) in [4.78, 5) is 25.9. The van der Waals surface area contributed by atoms with E-state index in [2.05, 4.69) is 9.88 Å². The molecule has 174 valence electrons. The minimum absolute atomic E-state index is 0. The third-order valence-corrected chi connectivity index (χ3v) is 5.55. The van der Waals surface area contributed by atoms with Crippen molar-refractivity contribution in [3.05, 3.63) is 53.7 Å². The first-order chi connectivity index (χ1) is 15.5. The van der Waals surface area contributed by atoms with Crippen LogP contribution in [0.3, 0.4) is 0 Å². The van der Waals surface area contributed by atoms with Crippen molar-refractivity contribution in [2.24, 2.45) is 5.73 Å². The zero-order chi connectivity index (χ0) is 22.8. The number of ether oxygens (including phenoxy) is 3. The zero-order valence-corrected chi connectivity index (χ0v) is 19.4. The lowest BCUT2D eigenvalue weighted by Gasteiger charge is -2.14. The van der Waals surface area contributed by atoms with Gasteiger partial charge in [0.05, 0.1) is 32.5 Å². The van der Waals surface area contributed by atoms with Crippen molar-refractivity contribution in [3.63, 3.8) is 0 Å². The highest BCUT2D eigenvalue weighted by Crippen LogP contribution is 2.43. The molecule has 0 atom stereocenters. The molecule has 0 spiro atoms. The van der Waals surface area contributed by atoms with Gasteiger partial charge >= 0.3 is 0 Å². The van der Waals surface area contributed by atoms with Gasteiger partial charge in [0.2, 0.25) is 5.75 Å². The Kier molecular flexibility index (Phi) is 7.30. The highest BCUT2D eigenvalue weighted by molar-refractivity contribution is 6.50. The maximum atomic E-state index is 13.0. The van der Waals surface area contributed by atoms with E-state index in [0.29, 0.717) is 47.0 Å². The van der Waals surface area contributed by atoms with Crippen molar-refractivity contribution in [2.75, 3.05) is 27.9 Å². The molecule has 2 heterocycles. The molecular formula is C24H25ClN3O5-. The van der Waals surface area contributed by atoms with Gasteiger partial charge in [-0.1, -0.05) is 18.2 Å². The van der Waals surface area contributed by atoms with E-state index in [1.54, 1.807) is 12.1 Å². The summed E-state index contributed by atoms with van der Waals surface area (Å²) in [6.45, 7) is 1.26. The number of rotatable bonds is 8. The van der Waals surface area contributed by atoms with Crippen molar-refractivity contribution in [1.82, 2.24) is 9.88 Å². The molecule has 0 bridgehead atoms. The van der Waals surface area contributed by atoms with Crippen molar-refractivity contribution in [2.45, 2.75) is 13.0 Å². The number of carbonyl (C=O) groups is 2. The number of methoxy groups -OCH3 is 3. The lowest BCUT2D eigenvalue weighted by atomic mass is 9.95. The van der Waals surface area contributed by atoms with Crippen molar-refractivity contribution in [3.8, 4) is 17.2 Å². The van der Waals surface area contributed by atoms with Crippen molar-refractivity contribution in [1.29, 1.82) is 0 Å². The third kappa shape index (κ3) is 4.15. The molecular weight excluding hydrogens is 446 g/mol. The highest BCUT2D eigenvalue weighted by atomic mass is 35.5. The van der Waals surface area contributed by atoms with Crippen LogP contribution in [0.5, 0.6) is 17.2 Å². The molecule has 1 aromatic heterocycles. The van der Waals surface area contributed by atoms with Crippen LogP contribution in [-0.4, -0.2) is 44.3 Å². The second kappa shape index (κ2) is 9.97. The lowest BCUT2D eigenvalue weighted by molar-refractivity contribution is -0.122. The summed E-state index contributed by atoms with van der Waals surface area (Å²) in [5.74, 6) is 0.278. The van der Waals surface area contributed by atoms with Crippen LogP contribution in [0.1, 0.15) is 17.5 Å². The smallest absolute Gasteiger partial charge is 0.259 e. The number of hydrogen-bond acceptors (Lipinski definition) is 6. The van der Waals surface area contributed by atoms with E-state index in [4.69, 9.17) is 19.9 Å². The van der Waals surface area contributed by atoms with Crippen LogP contribution in [0.25, 0.3) is 22.0 Å².